The van der Waals surface area contributed by atoms with Crippen molar-refractivity contribution in [3.8, 4) is 0 Å². The first-order valence-corrected chi connectivity index (χ1v) is 17.1. The van der Waals surface area contributed by atoms with Gasteiger partial charge in [0.2, 0.25) is 5.95 Å². The van der Waals surface area contributed by atoms with Crippen molar-refractivity contribution in [2.45, 2.75) is 77.0 Å². The van der Waals surface area contributed by atoms with Crippen LogP contribution in [0.2, 0.25) is 0 Å². The lowest BCUT2D eigenvalue weighted by atomic mass is 9.99. The molecule has 0 aromatic carbocycles. The van der Waals surface area contributed by atoms with E-state index in [2.05, 4.69) is 20.0 Å². The number of carbonyl (C=O) groups is 1. The van der Waals surface area contributed by atoms with Crippen LogP contribution in [0, 0.1) is 5.92 Å². The Kier molecular flexibility index (Phi) is 13.0. The molecule has 2 aromatic rings. The Morgan fingerprint density at radius 2 is 1.91 bits per heavy atom. The van der Waals surface area contributed by atoms with Gasteiger partial charge in [-0.05, 0) is 25.7 Å². The number of aliphatic hydroxyl groups excluding tert-OH is 2. The van der Waals surface area contributed by atoms with Gasteiger partial charge in [0, 0.05) is 6.54 Å². The topological polar surface area (TPSA) is 286 Å². The van der Waals surface area contributed by atoms with E-state index in [-0.39, 0.29) is 42.8 Å². The monoisotopic (exact) mass is 669 g/mol. The summed E-state index contributed by atoms with van der Waals surface area (Å²) in [5.74, 6) is -0.867. The van der Waals surface area contributed by atoms with Crippen LogP contribution in [-0.4, -0.2) is 91.3 Å². The molecule has 1 fully saturated rings. The highest BCUT2D eigenvalue weighted by atomic mass is 31.3. The second-order valence-electron chi connectivity index (χ2n) is 10.2. The number of phosphoric ester groups is 1. The van der Waals surface area contributed by atoms with Gasteiger partial charge in [0.05, 0.1) is 26.1 Å². The number of esters is 1. The minimum absolute atomic E-state index is 0.0526. The largest absolute Gasteiger partial charge is 0.480 e. The Morgan fingerprint density at radius 3 is 2.55 bits per heavy atom. The molecule has 1 saturated heterocycles. The third-order valence-corrected chi connectivity index (χ3v) is 10.0. The predicted molar refractivity (Wildman–Crippen MR) is 155 cm³/mol. The van der Waals surface area contributed by atoms with Gasteiger partial charge in [0.25, 0.3) is 5.56 Å². The van der Waals surface area contributed by atoms with Crippen molar-refractivity contribution in [1.29, 1.82) is 0 Å². The van der Waals surface area contributed by atoms with Crippen LogP contribution >= 0.6 is 15.6 Å². The van der Waals surface area contributed by atoms with E-state index in [9.17, 15) is 33.8 Å². The van der Waals surface area contributed by atoms with Gasteiger partial charge in [-0.25, -0.2) is 19.2 Å². The zero-order chi connectivity index (χ0) is 32.7. The Hall–Kier alpha value is -2.28. The number of anilines is 1. The molecule has 0 amide bonds. The fraction of sp³-hybridized carbons (Fsp3) is 0.739. The second-order valence-corrected chi connectivity index (χ2v) is 13.6. The first-order chi connectivity index (χ1) is 20.7. The van der Waals surface area contributed by atoms with Gasteiger partial charge in [0.1, 0.15) is 24.4 Å². The van der Waals surface area contributed by atoms with Crippen LogP contribution in [0.4, 0.5) is 5.95 Å². The lowest BCUT2D eigenvalue weighted by Gasteiger charge is -2.25. The lowest BCUT2D eigenvalue weighted by Crippen LogP contribution is -2.35. The summed E-state index contributed by atoms with van der Waals surface area (Å²) < 4.78 is 53.1. The van der Waals surface area contributed by atoms with Gasteiger partial charge >= 0.3 is 21.5 Å². The van der Waals surface area contributed by atoms with Crippen molar-refractivity contribution in [1.82, 2.24) is 24.6 Å². The zero-order valence-electron chi connectivity index (χ0n) is 24.6. The van der Waals surface area contributed by atoms with E-state index in [0.717, 1.165) is 36.6 Å². The van der Waals surface area contributed by atoms with Crippen LogP contribution in [0.15, 0.2) is 11.1 Å². The fourth-order valence-electron chi connectivity index (χ4n) is 4.55. The van der Waals surface area contributed by atoms with Crippen LogP contribution in [0.3, 0.4) is 0 Å². The van der Waals surface area contributed by atoms with Crippen LogP contribution in [0.1, 0.15) is 52.7 Å². The molecule has 7 atom stereocenters. The Labute approximate surface area is 252 Å². The van der Waals surface area contributed by atoms with Crippen LogP contribution in [0.5, 0.6) is 0 Å². The number of rotatable bonds is 18. The van der Waals surface area contributed by atoms with Crippen molar-refractivity contribution < 1.29 is 51.9 Å². The van der Waals surface area contributed by atoms with Crippen LogP contribution < -0.4 is 22.1 Å². The molecule has 3 heterocycles. The van der Waals surface area contributed by atoms with Crippen LogP contribution in [0.25, 0.3) is 11.2 Å². The van der Waals surface area contributed by atoms with Gasteiger partial charge in [0.15, 0.2) is 17.4 Å². The summed E-state index contributed by atoms with van der Waals surface area (Å²) in [5, 5.41) is 23.4. The maximum absolute atomic E-state index is 13.3. The number of imidazole rings is 1. The smallest absolute Gasteiger partial charge is 0.464 e. The minimum atomic E-state index is -5.23. The standard InChI is InChI=1S/C23H41N7O12P2/c1-4-6-14(7-5-2)10-38-22(34)13(3)29-43(35,39-9-8-24)42-44(36,37)40-11-15-17(31)18(32)21(41-15)30-12-26-16-19(30)27-23(25)28-20(16)33/h12-15,17-18,21,31-32H,4-11,24H2,1-3H3,(H,29,35)(H,36,37)(H3,25,27,28,33)/t13-,15?,17+,18+,21+,43?/m0/s1. The van der Waals surface area contributed by atoms with Crippen LogP contribution in [-0.2, 0) is 36.8 Å². The molecular formula is C23H41N7O12P2. The Bertz CT molecular complexity index is 1400. The summed E-state index contributed by atoms with van der Waals surface area (Å²) in [6, 6.07) is -1.28. The summed E-state index contributed by atoms with van der Waals surface area (Å²) in [6.45, 7) is 4.14. The molecule has 44 heavy (non-hydrogen) atoms. The highest BCUT2D eigenvalue weighted by Crippen LogP contribution is 2.61. The molecule has 3 rings (SSSR count). The number of aromatic amines is 1. The van der Waals surface area contributed by atoms with Crippen molar-refractivity contribution in [3.63, 3.8) is 0 Å². The average Bonchev–Trinajstić information content (AvgIpc) is 3.49. The Balaban J connectivity index is 1.64. The van der Waals surface area contributed by atoms with E-state index in [1.54, 1.807) is 0 Å². The third-order valence-electron chi connectivity index (χ3n) is 6.61. The second kappa shape index (κ2) is 15.8. The number of aliphatic hydroxyl groups is 2. The summed E-state index contributed by atoms with van der Waals surface area (Å²) in [7, 11) is -9.93. The summed E-state index contributed by atoms with van der Waals surface area (Å²) >= 11 is 0. The average molecular weight is 670 g/mol. The number of ether oxygens (including phenoxy) is 2. The first kappa shape index (κ1) is 36.2. The summed E-state index contributed by atoms with van der Waals surface area (Å²) in [6.07, 6.45) is -1.37. The number of H-pyrrole nitrogens is 1. The molecular weight excluding hydrogens is 628 g/mol. The molecule has 1 aliphatic heterocycles. The normalized spacial score (nSPS) is 23.9. The molecule has 19 nitrogen and oxygen atoms in total. The first-order valence-electron chi connectivity index (χ1n) is 14.1. The van der Waals surface area contributed by atoms with Gasteiger partial charge in [-0.2, -0.15) is 9.29 Å². The quantitative estimate of drug-likeness (QED) is 0.0828. The summed E-state index contributed by atoms with van der Waals surface area (Å²) in [5.41, 5.74) is 10.2. The Morgan fingerprint density at radius 1 is 1.23 bits per heavy atom. The number of aromatic nitrogens is 4. The van der Waals surface area contributed by atoms with E-state index in [1.165, 1.54) is 6.92 Å². The number of hydrogen-bond acceptors (Lipinski definition) is 15. The van der Waals surface area contributed by atoms with Gasteiger partial charge < -0.3 is 36.0 Å². The molecule has 9 N–H and O–H groups in total. The number of fused-ring (bicyclic) bond motifs is 1. The predicted octanol–water partition coefficient (Wildman–Crippen LogP) is 0.276. The van der Waals surface area contributed by atoms with Crippen molar-refractivity contribution in [2.75, 3.05) is 32.1 Å². The molecule has 0 aliphatic carbocycles. The molecule has 2 aromatic heterocycles. The highest BCUT2D eigenvalue weighted by Gasteiger charge is 2.46. The third kappa shape index (κ3) is 9.37. The maximum atomic E-state index is 13.3. The van der Waals surface area contributed by atoms with E-state index >= 15 is 0 Å². The van der Waals surface area contributed by atoms with Gasteiger partial charge in [-0.15, -0.1) is 0 Å². The minimum Gasteiger partial charge on any atom is -0.464 e. The van der Waals surface area contributed by atoms with E-state index < -0.39 is 64.3 Å². The molecule has 0 bridgehead atoms. The van der Waals surface area contributed by atoms with E-state index in [0.29, 0.717) is 0 Å². The summed E-state index contributed by atoms with van der Waals surface area (Å²) in [4.78, 5) is 45.2. The molecule has 1 aliphatic rings. The van der Waals surface area contributed by atoms with Crippen molar-refractivity contribution in [3.05, 3.63) is 16.7 Å². The van der Waals surface area contributed by atoms with E-state index in [1.807, 2.05) is 13.8 Å². The van der Waals surface area contributed by atoms with Gasteiger partial charge in [-0.1, -0.05) is 26.7 Å². The molecule has 3 unspecified atom stereocenters. The number of phosphoric acid groups is 1. The number of nitrogen functional groups attached to an aromatic ring is 1. The molecule has 21 heteroatoms. The molecule has 0 radical (unpaired) electrons. The number of nitrogens with two attached hydrogens (primary N) is 2. The number of nitrogens with zero attached hydrogens (tertiary/aromatic N) is 3. The van der Waals surface area contributed by atoms with Crippen molar-refractivity contribution in [2.24, 2.45) is 11.7 Å². The fourth-order valence-corrected chi connectivity index (χ4v) is 7.54. The van der Waals surface area contributed by atoms with E-state index in [4.69, 9.17) is 34.3 Å². The molecule has 250 valence electrons. The number of hydrogen-bond donors (Lipinski definition) is 7. The SMILES string of the molecule is CCCC(CCC)COC(=O)[C@H](C)NP(=O)(OCCN)OP(=O)(O)OCC1O[C@@H](n2cnc3c(=O)[nH]c(N)nc32)[C@H](O)[C@@H]1O. The number of carbonyl (C=O) groups excluding carboxylic acids is 1. The lowest BCUT2D eigenvalue weighted by molar-refractivity contribution is -0.146. The zero-order valence-corrected chi connectivity index (χ0v) is 26.4. The van der Waals surface area contributed by atoms with Crippen molar-refractivity contribution >= 4 is 38.7 Å². The highest BCUT2D eigenvalue weighted by molar-refractivity contribution is 7.63. The number of nitrogens with one attached hydrogen (secondary N) is 2. The molecule has 0 saturated carbocycles. The molecule has 0 spiro atoms. The maximum Gasteiger partial charge on any atom is 0.480 e. The van der Waals surface area contributed by atoms with Gasteiger partial charge in [-0.3, -0.25) is 28.2 Å².